The van der Waals surface area contributed by atoms with Gasteiger partial charge in [-0.2, -0.15) is 0 Å². The average Bonchev–Trinajstić information content (AvgIpc) is 3.45. The van der Waals surface area contributed by atoms with Crippen molar-refractivity contribution in [2.24, 2.45) is 0 Å². The highest BCUT2D eigenvalue weighted by atomic mass is 16.5. The number of aromatic amines is 1. The van der Waals surface area contributed by atoms with Gasteiger partial charge in [-0.05, 0) is 55.7 Å². The number of ether oxygens (including phenoxy) is 3. The molecule has 2 aliphatic rings. The van der Waals surface area contributed by atoms with Gasteiger partial charge in [0.25, 0.3) is 0 Å². The molecule has 0 amide bonds. The molecule has 2 aliphatic heterocycles. The highest BCUT2D eigenvalue weighted by molar-refractivity contribution is 6.26. The van der Waals surface area contributed by atoms with Crippen LogP contribution in [0.4, 0.5) is 5.69 Å². The summed E-state index contributed by atoms with van der Waals surface area (Å²) in [5.41, 5.74) is 4.22. The lowest BCUT2D eigenvalue weighted by molar-refractivity contribution is -0.139. The number of rotatable bonds is 8. The van der Waals surface area contributed by atoms with E-state index in [4.69, 9.17) is 14.2 Å². The smallest absolute Gasteiger partial charge is 0.347 e. The van der Waals surface area contributed by atoms with Gasteiger partial charge in [-0.3, -0.25) is 9.69 Å². The number of benzene rings is 1. The Morgan fingerprint density at radius 2 is 2.11 bits per heavy atom. The van der Waals surface area contributed by atoms with Crippen LogP contribution in [0.2, 0.25) is 0 Å². The van der Waals surface area contributed by atoms with Crippen LogP contribution in [0.15, 0.2) is 59.9 Å². The molecule has 2 N–H and O–H groups in total. The third-order valence-corrected chi connectivity index (χ3v) is 6.50. The number of carbonyl (C=O) groups is 2. The summed E-state index contributed by atoms with van der Waals surface area (Å²) in [5, 5.41) is 4.00. The fraction of sp³-hybridized carbons (Fsp3) is 0.321. The minimum absolute atomic E-state index is 0.0371. The molecule has 0 atom stereocenters. The Labute approximate surface area is 215 Å². The van der Waals surface area contributed by atoms with Crippen LogP contribution in [-0.2, 0) is 30.2 Å². The SMILES string of the molecule is CCOC(=O)C1=C(Nc2ccc(CCN3CCOCC3)cc2C)OC(=Cc2c[nH]c3ncccc23)C1=O. The first-order chi connectivity index (χ1) is 18.0. The molecule has 0 bridgehead atoms. The summed E-state index contributed by atoms with van der Waals surface area (Å²) in [4.78, 5) is 35.7. The molecular weight excluding hydrogens is 472 g/mol. The Morgan fingerprint density at radius 3 is 2.89 bits per heavy atom. The first-order valence-electron chi connectivity index (χ1n) is 12.5. The zero-order valence-corrected chi connectivity index (χ0v) is 21.0. The third-order valence-electron chi connectivity index (χ3n) is 6.50. The predicted molar refractivity (Wildman–Crippen MR) is 140 cm³/mol. The van der Waals surface area contributed by atoms with Crippen LogP contribution in [0.3, 0.4) is 0 Å². The summed E-state index contributed by atoms with van der Waals surface area (Å²) in [6, 6.07) is 9.82. The van der Waals surface area contributed by atoms with Gasteiger partial charge in [-0.1, -0.05) is 12.1 Å². The van der Waals surface area contributed by atoms with Gasteiger partial charge in [0.05, 0.1) is 19.8 Å². The molecule has 3 aromatic rings. The number of Topliss-reactive ketones (excluding diaryl/α,β-unsaturated/α-hetero) is 1. The number of ketones is 1. The average molecular weight is 503 g/mol. The fourth-order valence-corrected chi connectivity index (χ4v) is 4.50. The standard InChI is InChI=1S/C28H30N4O5/c1-3-36-28(34)24-25(33)23(16-20-17-30-26-21(20)5-4-9-29-26)37-27(24)31-22-7-6-19(15-18(22)2)8-10-32-11-13-35-14-12-32/h4-7,9,15-17,31H,3,8,10-14H2,1-2H3,(H,29,30). The number of nitrogens with zero attached hydrogens (tertiary/aromatic N) is 2. The zero-order chi connectivity index (χ0) is 25.8. The van der Waals surface area contributed by atoms with Gasteiger partial charge in [0.2, 0.25) is 11.7 Å². The molecule has 0 aliphatic carbocycles. The number of aromatic nitrogens is 2. The number of allylic oxidation sites excluding steroid dienone is 1. The third kappa shape index (κ3) is 5.42. The highest BCUT2D eigenvalue weighted by Crippen LogP contribution is 2.31. The van der Waals surface area contributed by atoms with Crippen LogP contribution in [-0.4, -0.2) is 66.1 Å². The molecule has 9 nitrogen and oxygen atoms in total. The first kappa shape index (κ1) is 24.7. The molecule has 1 saturated heterocycles. The molecule has 192 valence electrons. The van der Waals surface area contributed by atoms with Crippen molar-refractivity contribution in [3.05, 3.63) is 76.6 Å². The Kier molecular flexibility index (Phi) is 7.34. The lowest BCUT2D eigenvalue weighted by Crippen LogP contribution is -2.37. The Hall–Kier alpha value is -3.95. The van der Waals surface area contributed by atoms with Gasteiger partial charge in [0.15, 0.2) is 11.3 Å². The summed E-state index contributed by atoms with van der Waals surface area (Å²) in [6.45, 7) is 8.28. The van der Waals surface area contributed by atoms with Crippen molar-refractivity contribution in [3.8, 4) is 0 Å². The van der Waals surface area contributed by atoms with Gasteiger partial charge < -0.3 is 24.5 Å². The summed E-state index contributed by atoms with van der Waals surface area (Å²) in [5.74, 6) is -1.15. The zero-order valence-electron chi connectivity index (χ0n) is 21.0. The van der Waals surface area contributed by atoms with Gasteiger partial charge in [-0.25, -0.2) is 9.78 Å². The van der Waals surface area contributed by atoms with E-state index < -0.39 is 11.8 Å². The number of nitrogens with one attached hydrogen (secondary N) is 2. The Balaban J connectivity index is 1.36. The molecule has 4 heterocycles. The van der Waals surface area contributed by atoms with Crippen molar-refractivity contribution in [2.45, 2.75) is 20.3 Å². The van der Waals surface area contributed by atoms with Gasteiger partial charge in [0, 0.05) is 48.7 Å². The van der Waals surface area contributed by atoms with E-state index in [0.29, 0.717) is 5.65 Å². The summed E-state index contributed by atoms with van der Waals surface area (Å²) in [6.07, 6.45) is 5.97. The molecule has 2 aromatic heterocycles. The lowest BCUT2D eigenvalue weighted by Gasteiger charge is -2.26. The second-order valence-corrected chi connectivity index (χ2v) is 8.99. The monoisotopic (exact) mass is 502 g/mol. The van der Waals surface area contributed by atoms with Crippen molar-refractivity contribution >= 4 is 34.5 Å². The number of carbonyl (C=O) groups excluding carboxylic acids is 2. The number of morpholine rings is 1. The quantitative estimate of drug-likeness (QED) is 0.274. The van der Waals surface area contributed by atoms with Crippen molar-refractivity contribution in [1.29, 1.82) is 0 Å². The summed E-state index contributed by atoms with van der Waals surface area (Å²) >= 11 is 0. The van der Waals surface area contributed by atoms with Gasteiger partial charge in [-0.15, -0.1) is 0 Å². The minimum atomic E-state index is -0.723. The largest absolute Gasteiger partial charge is 0.462 e. The molecule has 1 fully saturated rings. The molecule has 0 radical (unpaired) electrons. The first-order valence-corrected chi connectivity index (χ1v) is 12.5. The highest BCUT2D eigenvalue weighted by Gasteiger charge is 2.37. The maximum Gasteiger partial charge on any atom is 0.347 e. The van der Waals surface area contributed by atoms with E-state index >= 15 is 0 Å². The van der Waals surface area contributed by atoms with Crippen LogP contribution in [0.5, 0.6) is 0 Å². The van der Waals surface area contributed by atoms with E-state index in [-0.39, 0.29) is 23.8 Å². The lowest BCUT2D eigenvalue weighted by atomic mass is 10.1. The summed E-state index contributed by atoms with van der Waals surface area (Å²) < 4.78 is 16.5. The topological polar surface area (TPSA) is 106 Å². The number of hydrogen-bond donors (Lipinski definition) is 2. The van der Waals surface area contributed by atoms with Gasteiger partial charge >= 0.3 is 5.97 Å². The molecule has 9 heteroatoms. The van der Waals surface area contributed by atoms with Crippen LogP contribution in [0.25, 0.3) is 17.1 Å². The van der Waals surface area contributed by atoms with Crippen LogP contribution in [0.1, 0.15) is 23.6 Å². The number of H-pyrrole nitrogens is 1. The van der Waals surface area contributed by atoms with Crippen LogP contribution < -0.4 is 5.32 Å². The normalized spacial score (nSPS) is 17.5. The Morgan fingerprint density at radius 1 is 1.27 bits per heavy atom. The van der Waals surface area contributed by atoms with Crippen molar-refractivity contribution < 1.29 is 23.8 Å². The molecule has 1 aromatic carbocycles. The van der Waals surface area contributed by atoms with Crippen molar-refractivity contribution in [3.63, 3.8) is 0 Å². The molecule has 0 unspecified atom stereocenters. The number of anilines is 1. The molecule has 37 heavy (non-hydrogen) atoms. The van der Waals surface area contributed by atoms with Crippen molar-refractivity contribution in [2.75, 3.05) is 44.8 Å². The van der Waals surface area contributed by atoms with E-state index in [1.165, 1.54) is 5.56 Å². The molecule has 0 saturated carbocycles. The minimum Gasteiger partial charge on any atom is -0.462 e. The van der Waals surface area contributed by atoms with Crippen molar-refractivity contribution in [1.82, 2.24) is 14.9 Å². The maximum atomic E-state index is 13.2. The predicted octanol–water partition coefficient (Wildman–Crippen LogP) is 3.57. The van der Waals surface area contributed by atoms with Gasteiger partial charge in [0.1, 0.15) is 5.65 Å². The van der Waals surface area contributed by atoms with E-state index in [2.05, 4.69) is 26.3 Å². The van der Waals surface area contributed by atoms with E-state index in [9.17, 15) is 9.59 Å². The molecule has 5 rings (SSSR count). The maximum absolute atomic E-state index is 13.2. The number of fused-ring (bicyclic) bond motifs is 1. The summed E-state index contributed by atoms with van der Waals surface area (Å²) in [7, 11) is 0. The van der Waals surface area contributed by atoms with Crippen LogP contribution in [0, 0.1) is 6.92 Å². The van der Waals surface area contributed by atoms with E-state index in [1.54, 1.807) is 25.4 Å². The number of hydrogen-bond acceptors (Lipinski definition) is 8. The second kappa shape index (κ2) is 11.0. The second-order valence-electron chi connectivity index (χ2n) is 8.99. The molecule has 0 spiro atoms. The number of esters is 1. The molecular formula is C28H30N4O5. The van der Waals surface area contributed by atoms with E-state index in [0.717, 1.165) is 61.5 Å². The fourth-order valence-electron chi connectivity index (χ4n) is 4.50. The van der Waals surface area contributed by atoms with Crippen LogP contribution >= 0.6 is 0 Å². The number of pyridine rings is 1. The van der Waals surface area contributed by atoms with E-state index in [1.807, 2.05) is 31.2 Å². The number of aryl methyl sites for hydroxylation is 1. The Bertz CT molecular complexity index is 1380.